The van der Waals surface area contributed by atoms with Gasteiger partial charge in [0.05, 0.1) is 0 Å². The maximum absolute atomic E-state index is 5.95. The summed E-state index contributed by atoms with van der Waals surface area (Å²) < 4.78 is 0. The molecular weight excluding hydrogens is 267 g/mol. The molecule has 0 spiro atoms. The molecular formula is C9H14Cl2N4S. The quantitative estimate of drug-likeness (QED) is 0.830. The van der Waals surface area contributed by atoms with Crippen molar-refractivity contribution >= 4 is 40.8 Å². The number of halogens is 2. The van der Waals surface area contributed by atoms with Crippen LogP contribution >= 0.6 is 35.0 Å². The first-order valence-electron chi connectivity index (χ1n) is 4.87. The summed E-state index contributed by atoms with van der Waals surface area (Å²) in [5, 5.41) is 7.74. The summed E-state index contributed by atoms with van der Waals surface area (Å²) in [5.41, 5.74) is 0. The predicted molar refractivity (Wildman–Crippen MR) is 70.7 cm³/mol. The lowest BCUT2D eigenvalue weighted by Gasteiger charge is -2.27. The number of hydrogen-bond donors (Lipinski definition) is 0. The molecule has 0 aliphatic carbocycles. The second-order valence-corrected chi connectivity index (χ2v) is 4.93. The highest BCUT2D eigenvalue weighted by Crippen LogP contribution is 2.23. The molecule has 0 radical (unpaired) electrons. The third kappa shape index (κ3) is 3.37. The first kappa shape index (κ1) is 13.8. The third-order valence-electron chi connectivity index (χ3n) is 2.32. The van der Waals surface area contributed by atoms with Gasteiger partial charge in [-0.15, -0.1) is 10.2 Å². The van der Waals surface area contributed by atoms with E-state index >= 15 is 0 Å². The van der Waals surface area contributed by atoms with E-state index in [4.69, 9.17) is 23.2 Å². The molecule has 1 aromatic heterocycles. The summed E-state index contributed by atoms with van der Waals surface area (Å²) >= 11 is 13.4. The van der Waals surface area contributed by atoms with E-state index in [1.807, 2.05) is 11.9 Å². The number of thioether (sulfide) groups is 1. The van der Waals surface area contributed by atoms with Crippen molar-refractivity contribution in [1.82, 2.24) is 15.2 Å². The maximum atomic E-state index is 5.95. The van der Waals surface area contributed by atoms with Gasteiger partial charge in [-0.25, -0.2) is 0 Å². The lowest BCUT2D eigenvalue weighted by molar-refractivity contribution is 0.662. The summed E-state index contributed by atoms with van der Waals surface area (Å²) in [6.07, 6.45) is 3.08. The van der Waals surface area contributed by atoms with Crippen LogP contribution in [0.15, 0.2) is 0 Å². The Balaban J connectivity index is 2.93. The molecule has 0 fully saturated rings. The van der Waals surface area contributed by atoms with E-state index in [1.165, 1.54) is 0 Å². The number of anilines is 1. The van der Waals surface area contributed by atoms with Crippen molar-refractivity contribution in [2.24, 2.45) is 0 Å². The molecule has 0 bridgehead atoms. The van der Waals surface area contributed by atoms with Crippen molar-refractivity contribution in [1.29, 1.82) is 0 Å². The van der Waals surface area contributed by atoms with Gasteiger partial charge in [0.15, 0.2) is 11.0 Å². The molecule has 1 unspecified atom stereocenters. The van der Waals surface area contributed by atoms with Gasteiger partial charge in [0.2, 0.25) is 5.28 Å². The van der Waals surface area contributed by atoms with Crippen molar-refractivity contribution in [2.45, 2.75) is 19.4 Å². The second kappa shape index (κ2) is 6.47. The molecule has 1 rings (SSSR count). The van der Waals surface area contributed by atoms with E-state index in [1.54, 1.807) is 11.8 Å². The molecule has 0 aliphatic heterocycles. The minimum atomic E-state index is 0.116. The largest absolute Gasteiger partial charge is 0.353 e. The zero-order chi connectivity index (χ0) is 12.1. The lowest BCUT2D eigenvalue weighted by atomic mass is 10.2. The van der Waals surface area contributed by atoms with Gasteiger partial charge in [-0.2, -0.15) is 16.7 Å². The van der Waals surface area contributed by atoms with Crippen LogP contribution in [0, 0.1) is 0 Å². The molecule has 0 aliphatic rings. The fraction of sp³-hybridized carbons (Fsp3) is 0.667. The minimum absolute atomic E-state index is 0.116. The molecule has 0 aromatic carbocycles. The molecule has 1 atom stereocenters. The minimum Gasteiger partial charge on any atom is -0.353 e. The van der Waals surface area contributed by atoms with Crippen LogP contribution < -0.4 is 4.90 Å². The Bertz CT molecular complexity index is 350. The Hall–Kier alpha value is -0.260. The summed E-state index contributed by atoms with van der Waals surface area (Å²) in [5.74, 6) is 1.59. The molecule has 4 nitrogen and oxygen atoms in total. The monoisotopic (exact) mass is 280 g/mol. The van der Waals surface area contributed by atoms with Gasteiger partial charge in [-0.1, -0.05) is 18.5 Å². The number of nitrogens with zero attached hydrogens (tertiary/aromatic N) is 4. The molecule has 1 aromatic rings. The first-order chi connectivity index (χ1) is 7.60. The average Bonchev–Trinajstić information content (AvgIpc) is 2.28. The maximum Gasteiger partial charge on any atom is 0.245 e. The Morgan fingerprint density at radius 2 is 2.06 bits per heavy atom. The van der Waals surface area contributed by atoms with Gasteiger partial charge in [0.25, 0.3) is 0 Å². The Labute approximate surface area is 110 Å². The van der Waals surface area contributed by atoms with Crippen LogP contribution in [0.4, 0.5) is 5.82 Å². The van der Waals surface area contributed by atoms with Gasteiger partial charge in [-0.05, 0) is 24.3 Å². The Morgan fingerprint density at radius 3 is 2.62 bits per heavy atom. The Morgan fingerprint density at radius 1 is 1.38 bits per heavy atom. The number of aromatic nitrogens is 3. The van der Waals surface area contributed by atoms with Crippen LogP contribution in [0.1, 0.15) is 13.3 Å². The molecule has 90 valence electrons. The second-order valence-electron chi connectivity index (χ2n) is 3.32. The average molecular weight is 281 g/mol. The van der Waals surface area contributed by atoms with Gasteiger partial charge >= 0.3 is 0 Å². The van der Waals surface area contributed by atoms with Crippen LogP contribution in [0.25, 0.3) is 0 Å². The number of rotatable bonds is 5. The van der Waals surface area contributed by atoms with Crippen molar-refractivity contribution in [2.75, 3.05) is 24.0 Å². The first-order valence-corrected chi connectivity index (χ1v) is 7.02. The molecule has 0 saturated heterocycles. The summed E-state index contributed by atoms with van der Waals surface area (Å²) in [4.78, 5) is 6.10. The van der Waals surface area contributed by atoms with Crippen LogP contribution in [0.3, 0.4) is 0 Å². The molecule has 0 saturated carbocycles. The van der Waals surface area contributed by atoms with Crippen LogP contribution in [0.5, 0.6) is 0 Å². The fourth-order valence-electron chi connectivity index (χ4n) is 1.38. The topological polar surface area (TPSA) is 41.9 Å². The normalized spacial score (nSPS) is 12.6. The molecule has 0 amide bonds. The summed E-state index contributed by atoms with van der Waals surface area (Å²) in [6.45, 7) is 2.13. The third-order valence-corrected chi connectivity index (χ3v) is 3.44. The van der Waals surface area contributed by atoms with Gasteiger partial charge in [0, 0.05) is 18.8 Å². The van der Waals surface area contributed by atoms with Gasteiger partial charge in [0.1, 0.15) is 0 Å². The van der Waals surface area contributed by atoms with Crippen LogP contribution in [0.2, 0.25) is 10.4 Å². The summed E-state index contributed by atoms with van der Waals surface area (Å²) in [6, 6.07) is 0.361. The smallest absolute Gasteiger partial charge is 0.245 e. The number of hydrogen-bond acceptors (Lipinski definition) is 5. The van der Waals surface area contributed by atoms with E-state index in [-0.39, 0.29) is 10.4 Å². The van der Waals surface area contributed by atoms with E-state index in [9.17, 15) is 0 Å². The van der Waals surface area contributed by atoms with Crippen LogP contribution in [-0.4, -0.2) is 40.3 Å². The van der Waals surface area contributed by atoms with Crippen molar-refractivity contribution < 1.29 is 0 Å². The zero-order valence-corrected chi connectivity index (χ0v) is 11.8. The SMILES string of the molecule is CCC(CSC)N(C)c1nc(Cl)nnc1Cl. The van der Waals surface area contributed by atoms with Gasteiger partial charge in [-0.3, -0.25) is 0 Å². The van der Waals surface area contributed by atoms with Crippen LogP contribution in [-0.2, 0) is 0 Å². The van der Waals surface area contributed by atoms with Crippen molar-refractivity contribution in [3.63, 3.8) is 0 Å². The predicted octanol–water partition coefficient (Wildman–Crippen LogP) is 2.76. The van der Waals surface area contributed by atoms with E-state index < -0.39 is 0 Å². The molecule has 16 heavy (non-hydrogen) atoms. The molecule has 1 heterocycles. The molecule has 0 N–H and O–H groups in total. The summed E-state index contributed by atoms with van der Waals surface area (Å²) in [7, 11) is 1.94. The highest BCUT2D eigenvalue weighted by atomic mass is 35.5. The highest BCUT2D eigenvalue weighted by Gasteiger charge is 2.18. The fourth-order valence-corrected chi connectivity index (χ4v) is 2.55. The lowest BCUT2D eigenvalue weighted by Crippen LogP contribution is -2.34. The van der Waals surface area contributed by atoms with E-state index in [0.29, 0.717) is 11.9 Å². The van der Waals surface area contributed by atoms with Gasteiger partial charge < -0.3 is 4.90 Å². The molecule has 7 heteroatoms. The zero-order valence-electron chi connectivity index (χ0n) is 9.44. The van der Waals surface area contributed by atoms with Crippen molar-refractivity contribution in [3.05, 3.63) is 10.4 Å². The van der Waals surface area contributed by atoms with Crippen molar-refractivity contribution in [3.8, 4) is 0 Å². The van der Waals surface area contributed by atoms with E-state index in [0.717, 1.165) is 12.2 Å². The van der Waals surface area contributed by atoms with E-state index in [2.05, 4.69) is 28.4 Å². The standard InChI is InChI=1S/C9H14Cl2N4S/c1-4-6(5-16-3)15(2)8-7(10)13-14-9(11)12-8/h6H,4-5H2,1-3H3. The highest BCUT2D eigenvalue weighted by molar-refractivity contribution is 7.98. The Kier molecular flexibility index (Phi) is 5.58.